The molecule has 4 aromatic rings. The summed E-state index contributed by atoms with van der Waals surface area (Å²) in [7, 11) is 0. The SMILES string of the molecule is CCOc1c(C)ccc2ncc(C#N)c(Nc3ccc(OCc4ccccn4)c(Cl)c3)c12. The fraction of sp³-hybridized carbons (Fsp3) is 0.160. The summed E-state index contributed by atoms with van der Waals surface area (Å²) in [5.41, 5.74) is 4.27. The predicted octanol–water partition coefficient (Wildman–Crippen LogP) is 6.18. The minimum atomic E-state index is 0.317. The van der Waals surface area contributed by atoms with E-state index in [1.807, 2.05) is 50.2 Å². The molecule has 6 nitrogen and oxygen atoms in total. The summed E-state index contributed by atoms with van der Waals surface area (Å²) in [5, 5.41) is 14.2. The Hall–Kier alpha value is -3.82. The average Bonchev–Trinajstić information content (AvgIpc) is 2.81. The van der Waals surface area contributed by atoms with Crippen molar-refractivity contribution in [3.63, 3.8) is 0 Å². The summed E-state index contributed by atoms with van der Waals surface area (Å²) in [6, 6.07) is 17.1. The molecule has 0 fully saturated rings. The smallest absolute Gasteiger partial charge is 0.138 e. The van der Waals surface area contributed by atoms with E-state index in [4.69, 9.17) is 21.1 Å². The molecule has 2 aromatic carbocycles. The van der Waals surface area contributed by atoms with Gasteiger partial charge in [-0.1, -0.05) is 23.7 Å². The summed E-state index contributed by atoms with van der Waals surface area (Å²) in [4.78, 5) is 8.68. The Bertz CT molecular complexity index is 1300. The highest BCUT2D eigenvalue weighted by Gasteiger charge is 2.16. The molecular formula is C25H21ClN4O2. The third-order valence-corrected chi connectivity index (χ3v) is 5.19. The normalized spacial score (nSPS) is 10.6. The van der Waals surface area contributed by atoms with Crippen LogP contribution in [-0.2, 0) is 6.61 Å². The van der Waals surface area contributed by atoms with Gasteiger partial charge in [-0.25, -0.2) is 0 Å². The molecule has 7 heteroatoms. The minimum absolute atomic E-state index is 0.317. The maximum atomic E-state index is 9.70. The van der Waals surface area contributed by atoms with E-state index in [-0.39, 0.29) is 0 Å². The lowest BCUT2D eigenvalue weighted by molar-refractivity contribution is 0.301. The van der Waals surface area contributed by atoms with Crippen LogP contribution in [0.3, 0.4) is 0 Å². The Labute approximate surface area is 191 Å². The van der Waals surface area contributed by atoms with Crippen LogP contribution in [0.4, 0.5) is 11.4 Å². The number of aryl methyl sites for hydroxylation is 1. The molecule has 0 radical (unpaired) electrons. The molecule has 2 heterocycles. The van der Waals surface area contributed by atoms with Crippen molar-refractivity contribution < 1.29 is 9.47 Å². The summed E-state index contributed by atoms with van der Waals surface area (Å²) in [6.07, 6.45) is 3.28. The molecule has 0 aliphatic rings. The Balaban J connectivity index is 1.68. The van der Waals surface area contributed by atoms with Crippen molar-refractivity contribution in [2.75, 3.05) is 11.9 Å². The van der Waals surface area contributed by atoms with Crippen LogP contribution in [0.2, 0.25) is 5.02 Å². The molecule has 1 N–H and O–H groups in total. The molecule has 4 rings (SSSR count). The van der Waals surface area contributed by atoms with Gasteiger partial charge in [-0.05, 0) is 55.8 Å². The Morgan fingerprint density at radius 2 is 1.97 bits per heavy atom. The lowest BCUT2D eigenvalue weighted by Crippen LogP contribution is -2.02. The fourth-order valence-electron chi connectivity index (χ4n) is 3.38. The van der Waals surface area contributed by atoms with Crippen molar-refractivity contribution in [2.45, 2.75) is 20.5 Å². The summed E-state index contributed by atoms with van der Waals surface area (Å²) >= 11 is 6.47. The maximum absolute atomic E-state index is 9.70. The van der Waals surface area contributed by atoms with Crippen molar-refractivity contribution in [1.82, 2.24) is 9.97 Å². The monoisotopic (exact) mass is 444 g/mol. The predicted molar refractivity (Wildman–Crippen MR) is 126 cm³/mol. The van der Waals surface area contributed by atoms with Gasteiger partial charge in [0.15, 0.2) is 0 Å². The number of aromatic nitrogens is 2. The standard InChI is InChI=1S/C25H21ClN4O2/c1-3-31-25-16(2)7-9-21-23(25)24(17(13-27)14-29-21)30-18-8-10-22(20(26)12-18)32-15-19-6-4-5-11-28-19/h4-12,14H,3,15H2,1-2H3,(H,29,30). The third-order valence-electron chi connectivity index (χ3n) is 4.90. The van der Waals surface area contributed by atoms with Crippen molar-refractivity contribution in [2.24, 2.45) is 0 Å². The molecule has 0 aliphatic heterocycles. The molecule has 160 valence electrons. The van der Waals surface area contributed by atoms with Gasteiger partial charge in [-0.15, -0.1) is 0 Å². The fourth-order valence-corrected chi connectivity index (χ4v) is 3.61. The number of nitrogens with one attached hydrogen (secondary N) is 1. The van der Waals surface area contributed by atoms with Crippen LogP contribution in [0, 0.1) is 18.3 Å². The molecule has 2 aromatic heterocycles. The van der Waals surface area contributed by atoms with Crippen molar-refractivity contribution in [3.8, 4) is 17.6 Å². The van der Waals surface area contributed by atoms with E-state index < -0.39 is 0 Å². The van der Waals surface area contributed by atoms with E-state index in [1.165, 1.54) is 0 Å². The number of hydrogen-bond acceptors (Lipinski definition) is 6. The summed E-state index contributed by atoms with van der Waals surface area (Å²) in [5.74, 6) is 1.26. The highest BCUT2D eigenvalue weighted by Crippen LogP contribution is 2.38. The first-order valence-corrected chi connectivity index (χ1v) is 10.5. The number of nitrogens with zero attached hydrogens (tertiary/aromatic N) is 3. The molecule has 0 amide bonds. The first-order valence-electron chi connectivity index (χ1n) is 10.1. The molecule has 32 heavy (non-hydrogen) atoms. The molecule has 0 atom stereocenters. The second-order valence-corrected chi connectivity index (χ2v) is 7.48. The van der Waals surface area contributed by atoms with Gasteiger partial charge in [0.2, 0.25) is 0 Å². The Kier molecular flexibility index (Phi) is 6.39. The van der Waals surface area contributed by atoms with E-state index in [1.54, 1.807) is 24.5 Å². The number of nitriles is 1. The number of rotatable bonds is 7. The number of anilines is 2. The van der Waals surface area contributed by atoms with E-state index in [0.717, 1.165) is 22.2 Å². The van der Waals surface area contributed by atoms with Crippen molar-refractivity contribution >= 4 is 33.9 Å². The van der Waals surface area contributed by atoms with Crippen LogP contribution in [0.15, 0.2) is 60.9 Å². The highest BCUT2D eigenvalue weighted by atomic mass is 35.5. The first-order chi connectivity index (χ1) is 15.6. The lowest BCUT2D eigenvalue weighted by atomic mass is 10.1. The van der Waals surface area contributed by atoms with Crippen molar-refractivity contribution in [3.05, 3.63) is 82.8 Å². The lowest BCUT2D eigenvalue weighted by Gasteiger charge is -2.17. The zero-order valence-corrected chi connectivity index (χ0v) is 18.5. The van der Waals surface area contributed by atoms with Crippen LogP contribution in [-0.4, -0.2) is 16.6 Å². The third kappa shape index (κ3) is 4.43. The summed E-state index contributed by atoms with van der Waals surface area (Å²) < 4.78 is 11.7. The zero-order valence-electron chi connectivity index (χ0n) is 17.7. The molecule has 0 unspecified atom stereocenters. The number of fused-ring (bicyclic) bond motifs is 1. The van der Waals surface area contributed by atoms with E-state index in [2.05, 4.69) is 21.4 Å². The van der Waals surface area contributed by atoms with Gasteiger partial charge < -0.3 is 14.8 Å². The second-order valence-electron chi connectivity index (χ2n) is 7.08. The van der Waals surface area contributed by atoms with E-state index in [0.29, 0.717) is 46.7 Å². The molecule has 0 saturated carbocycles. The molecule has 0 saturated heterocycles. The van der Waals surface area contributed by atoms with Crippen molar-refractivity contribution in [1.29, 1.82) is 5.26 Å². The average molecular weight is 445 g/mol. The Morgan fingerprint density at radius 1 is 1.09 bits per heavy atom. The van der Waals surface area contributed by atoms with Crippen LogP contribution in [0.5, 0.6) is 11.5 Å². The molecule has 0 bridgehead atoms. The van der Waals surface area contributed by atoms with Gasteiger partial charge in [-0.2, -0.15) is 5.26 Å². The minimum Gasteiger partial charge on any atom is -0.493 e. The van der Waals surface area contributed by atoms with Crippen LogP contribution in [0.1, 0.15) is 23.7 Å². The molecule has 0 aliphatic carbocycles. The molecule has 0 spiro atoms. The van der Waals surface area contributed by atoms with Gasteiger partial charge in [-0.3, -0.25) is 9.97 Å². The van der Waals surface area contributed by atoms with E-state index in [9.17, 15) is 5.26 Å². The number of hydrogen-bond donors (Lipinski definition) is 1. The van der Waals surface area contributed by atoms with Crippen LogP contribution in [0.25, 0.3) is 10.9 Å². The quantitative estimate of drug-likeness (QED) is 0.366. The Morgan fingerprint density at radius 3 is 2.69 bits per heavy atom. The zero-order chi connectivity index (χ0) is 22.5. The van der Waals surface area contributed by atoms with Gasteiger partial charge in [0, 0.05) is 18.1 Å². The van der Waals surface area contributed by atoms with Gasteiger partial charge >= 0.3 is 0 Å². The van der Waals surface area contributed by atoms with Gasteiger partial charge in [0.05, 0.1) is 39.5 Å². The topological polar surface area (TPSA) is 80.1 Å². The maximum Gasteiger partial charge on any atom is 0.138 e. The number of halogens is 1. The van der Waals surface area contributed by atoms with Crippen LogP contribution >= 0.6 is 11.6 Å². The largest absolute Gasteiger partial charge is 0.493 e. The van der Waals surface area contributed by atoms with E-state index >= 15 is 0 Å². The van der Waals surface area contributed by atoms with Gasteiger partial charge in [0.25, 0.3) is 0 Å². The number of benzene rings is 2. The number of pyridine rings is 2. The number of ether oxygens (including phenoxy) is 2. The van der Waals surface area contributed by atoms with Crippen LogP contribution < -0.4 is 14.8 Å². The second kappa shape index (κ2) is 9.54. The van der Waals surface area contributed by atoms with Gasteiger partial charge in [0.1, 0.15) is 24.2 Å². The highest BCUT2D eigenvalue weighted by molar-refractivity contribution is 6.32. The first kappa shape index (κ1) is 21.4. The summed E-state index contributed by atoms with van der Waals surface area (Å²) in [6.45, 7) is 4.72. The molecular weight excluding hydrogens is 424 g/mol.